The summed E-state index contributed by atoms with van der Waals surface area (Å²) in [4.78, 5) is 8.71. The SMILES string of the molecule is C#CCONc1cc(C#N)ccn1. The van der Waals surface area contributed by atoms with E-state index >= 15 is 0 Å². The summed E-state index contributed by atoms with van der Waals surface area (Å²) in [6.07, 6.45) is 6.47. The molecule has 64 valence electrons. The molecule has 0 aromatic carbocycles. The Morgan fingerprint density at radius 3 is 3.23 bits per heavy atom. The van der Waals surface area contributed by atoms with Gasteiger partial charge in [0.05, 0.1) is 11.6 Å². The Morgan fingerprint density at radius 2 is 2.54 bits per heavy atom. The van der Waals surface area contributed by atoms with E-state index in [1.54, 1.807) is 12.1 Å². The number of hydrogen-bond acceptors (Lipinski definition) is 4. The van der Waals surface area contributed by atoms with Crippen molar-refractivity contribution >= 4 is 5.82 Å². The van der Waals surface area contributed by atoms with Gasteiger partial charge in [-0.1, -0.05) is 5.92 Å². The molecule has 13 heavy (non-hydrogen) atoms. The molecule has 0 radical (unpaired) electrons. The van der Waals surface area contributed by atoms with E-state index in [1.807, 2.05) is 6.07 Å². The van der Waals surface area contributed by atoms with Gasteiger partial charge < -0.3 is 0 Å². The van der Waals surface area contributed by atoms with Crippen LogP contribution in [0.2, 0.25) is 0 Å². The van der Waals surface area contributed by atoms with Crippen molar-refractivity contribution in [1.82, 2.24) is 4.98 Å². The minimum atomic E-state index is 0.151. The van der Waals surface area contributed by atoms with Crippen molar-refractivity contribution in [2.24, 2.45) is 0 Å². The van der Waals surface area contributed by atoms with Crippen molar-refractivity contribution in [3.8, 4) is 18.4 Å². The molecule has 1 rings (SSSR count). The number of terminal acetylenes is 1. The lowest BCUT2D eigenvalue weighted by Crippen LogP contribution is -2.02. The molecule has 1 heterocycles. The number of hydrogen-bond donors (Lipinski definition) is 1. The second-order valence-electron chi connectivity index (χ2n) is 2.14. The minimum absolute atomic E-state index is 0.151. The first kappa shape index (κ1) is 9.05. The molecule has 0 amide bonds. The van der Waals surface area contributed by atoms with Crippen molar-refractivity contribution in [1.29, 1.82) is 5.26 Å². The van der Waals surface area contributed by atoms with E-state index in [1.165, 1.54) is 6.20 Å². The first-order chi connectivity index (χ1) is 6.36. The fraction of sp³-hybridized carbons (Fsp3) is 0.111. The molecule has 0 unspecified atom stereocenters. The lowest BCUT2D eigenvalue weighted by molar-refractivity contribution is 0.232. The van der Waals surface area contributed by atoms with Gasteiger partial charge in [-0.2, -0.15) is 5.26 Å². The van der Waals surface area contributed by atoms with Gasteiger partial charge in [-0.3, -0.25) is 4.84 Å². The van der Waals surface area contributed by atoms with Gasteiger partial charge in [0.2, 0.25) is 0 Å². The molecule has 0 saturated heterocycles. The minimum Gasteiger partial charge on any atom is -0.262 e. The highest BCUT2D eigenvalue weighted by Gasteiger charge is 1.94. The monoisotopic (exact) mass is 173 g/mol. The second-order valence-corrected chi connectivity index (χ2v) is 2.14. The van der Waals surface area contributed by atoms with Gasteiger partial charge in [-0.05, 0) is 6.07 Å². The molecule has 1 N–H and O–H groups in total. The fourth-order valence-electron chi connectivity index (χ4n) is 0.708. The van der Waals surface area contributed by atoms with Gasteiger partial charge in [-0.15, -0.1) is 6.42 Å². The van der Waals surface area contributed by atoms with Crippen LogP contribution in [0, 0.1) is 23.7 Å². The number of aromatic nitrogens is 1. The quantitative estimate of drug-likeness (QED) is 0.419. The zero-order chi connectivity index (χ0) is 9.52. The average Bonchev–Trinajstić information content (AvgIpc) is 2.19. The van der Waals surface area contributed by atoms with Gasteiger partial charge in [0.15, 0.2) is 5.82 Å². The maximum Gasteiger partial charge on any atom is 0.150 e. The van der Waals surface area contributed by atoms with E-state index in [4.69, 9.17) is 16.5 Å². The van der Waals surface area contributed by atoms with E-state index in [2.05, 4.69) is 16.4 Å². The Balaban J connectivity index is 2.59. The van der Waals surface area contributed by atoms with Crippen LogP contribution in [0.25, 0.3) is 0 Å². The van der Waals surface area contributed by atoms with E-state index in [0.717, 1.165) is 0 Å². The lowest BCUT2D eigenvalue weighted by atomic mass is 10.3. The third-order valence-corrected chi connectivity index (χ3v) is 1.22. The van der Waals surface area contributed by atoms with E-state index in [0.29, 0.717) is 11.4 Å². The molecule has 0 atom stereocenters. The number of pyridine rings is 1. The van der Waals surface area contributed by atoms with Crippen LogP contribution in [-0.4, -0.2) is 11.6 Å². The molecule has 1 aromatic rings. The van der Waals surface area contributed by atoms with Crippen LogP contribution in [0.5, 0.6) is 0 Å². The second kappa shape index (κ2) is 4.76. The van der Waals surface area contributed by atoms with Crippen LogP contribution in [0.1, 0.15) is 5.56 Å². The van der Waals surface area contributed by atoms with Gasteiger partial charge in [0.1, 0.15) is 6.61 Å². The molecule has 0 aliphatic rings. The fourth-order valence-corrected chi connectivity index (χ4v) is 0.708. The topological polar surface area (TPSA) is 57.9 Å². The largest absolute Gasteiger partial charge is 0.262 e. The lowest BCUT2D eigenvalue weighted by Gasteiger charge is -2.02. The highest BCUT2D eigenvalue weighted by Crippen LogP contribution is 2.04. The van der Waals surface area contributed by atoms with Crippen LogP contribution >= 0.6 is 0 Å². The number of nitriles is 1. The molecule has 4 nitrogen and oxygen atoms in total. The van der Waals surface area contributed by atoms with Crippen LogP contribution in [0.3, 0.4) is 0 Å². The predicted octanol–water partition coefficient (Wildman–Crippen LogP) is 0.930. The van der Waals surface area contributed by atoms with Crippen molar-refractivity contribution < 1.29 is 4.84 Å². The summed E-state index contributed by atoms with van der Waals surface area (Å²) in [5.41, 5.74) is 3.03. The van der Waals surface area contributed by atoms with Gasteiger partial charge in [-0.25, -0.2) is 10.5 Å². The zero-order valence-electron chi connectivity index (χ0n) is 6.82. The van der Waals surface area contributed by atoms with Crippen molar-refractivity contribution in [3.63, 3.8) is 0 Å². The summed E-state index contributed by atoms with van der Waals surface area (Å²) in [7, 11) is 0. The Morgan fingerprint density at radius 1 is 1.69 bits per heavy atom. The highest BCUT2D eigenvalue weighted by molar-refractivity contribution is 5.40. The predicted molar refractivity (Wildman–Crippen MR) is 47.4 cm³/mol. The Labute approximate surface area is 76.1 Å². The van der Waals surface area contributed by atoms with Crippen LogP contribution < -0.4 is 5.48 Å². The van der Waals surface area contributed by atoms with E-state index in [9.17, 15) is 0 Å². The van der Waals surface area contributed by atoms with Crippen molar-refractivity contribution in [2.75, 3.05) is 12.1 Å². The maximum atomic E-state index is 8.55. The van der Waals surface area contributed by atoms with E-state index in [-0.39, 0.29) is 6.61 Å². The summed E-state index contributed by atoms with van der Waals surface area (Å²) in [5, 5.41) is 8.55. The Hall–Kier alpha value is -2.04. The smallest absolute Gasteiger partial charge is 0.150 e. The van der Waals surface area contributed by atoms with Crippen molar-refractivity contribution in [3.05, 3.63) is 23.9 Å². The number of rotatable bonds is 3. The van der Waals surface area contributed by atoms with Crippen LogP contribution in [0.15, 0.2) is 18.3 Å². The standard InChI is InChI=1S/C9H7N3O/c1-2-5-13-12-9-6-8(7-10)3-4-11-9/h1,3-4,6H,5H2,(H,11,12). The third-order valence-electron chi connectivity index (χ3n) is 1.22. The van der Waals surface area contributed by atoms with Crippen LogP contribution in [-0.2, 0) is 4.84 Å². The molecule has 4 heteroatoms. The Kier molecular flexibility index (Phi) is 3.31. The number of nitrogens with zero attached hydrogens (tertiary/aromatic N) is 2. The summed E-state index contributed by atoms with van der Waals surface area (Å²) in [5.74, 6) is 2.76. The Bertz CT molecular complexity index is 362. The van der Waals surface area contributed by atoms with Gasteiger partial charge in [0.25, 0.3) is 0 Å². The molecular weight excluding hydrogens is 166 g/mol. The van der Waals surface area contributed by atoms with Gasteiger partial charge >= 0.3 is 0 Å². The maximum absolute atomic E-state index is 8.55. The van der Waals surface area contributed by atoms with Crippen LogP contribution in [0.4, 0.5) is 5.82 Å². The molecule has 0 aliphatic carbocycles. The molecule has 0 aliphatic heterocycles. The molecule has 0 bridgehead atoms. The normalized spacial score (nSPS) is 8.46. The van der Waals surface area contributed by atoms with E-state index < -0.39 is 0 Å². The molecule has 0 saturated carbocycles. The first-order valence-electron chi connectivity index (χ1n) is 3.54. The zero-order valence-corrected chi connectivity index (χ0v) is 6.82. The molecule has 1 aromatic heterocycles. The first-order valence-corrected chi connectivity index (χ1v) is 3.54. The summed E-state index contributed by atoms with van der Waals surface area (Å²) < 4.78 is 0. The highest BCUT2D eigenvalue weighted by atomic mass is 16.6. The summed E-state index contributed by atoms with van der Waals surface area (Å²) in [6, 6.07) is 5.15. The van der Waals surface area contributed by atoms with Crippen molar-refractivity contribution in [2.45, 2.75) is 0 Å². The van der Waals surface area contributed by atoms with Gasteiger partial charge in [0, 0.05) is 12.3 Å². The third kappa shape index (κ3) is 2.82. The average molecular weight is 173 g/mol. The number of anilines is 1. The summed E-state index contributed by atoms with van der Waals surface area (Å²) in [6.45, 7) is 0.151. The molecule has 0 fully saturated rings. The number of nitrogens with one attached hydrogen (secondary N) is 1. The summed E-state index contributed by atoms with van der Waals surface area (Å²) >= 11 is 0. The molecular formula is C9H7N3O. The molecule has 0 spiro atoms.